The SMILES string of the molecule is C[C@H](NC(=O)Nc1ccc(F)cc1OCC(F)F)c1cccnc1. The van der Waals surface area contributed by atoms with Crippen LogP contribution in [0.5, 0.6) is 5.75 Å². The Balaban J connectivity index is 2.03. The number of amides is 2. The number of anilines is 1. The number of ether oxygens (including phenoxy) is 1. The van der Waals surface area contributed by atoms with Gasteiger partial charge in [-0.25, -0.2) is 18.0 Å². The van der Waals surface area contributed by atoms with E-state index in [0.717, 1.165) is 17.7 Å². The highest BCUT2D eigenvalue weighted by Gasteiger charge is 2.14. The Bertz CT molecular complexity index is 684. The van der Waals surface area contributed by atoms with E-state index < -0.39 is 24.9 Å². The maximum absolute atomic E-state index is 13.2. The van der Waals surface area contributed by atoms with Crippen molar-refractivity contribution in [1.82, 2.24) is 10.3 Å². The summed E-state index contributed by atoms with van der Waals surface area (Å²) in [5, 5.41) is 5.12. The van der Waals surface area contributed by atoms with E-state index in [0.29, 0.717) is 0 Å². The molecule has 0 aliphatic heterocycles. The van der Waals surface area contributed by atoms with Crippen LogP contribution in [0.3, 0.4) is 0 Å². The van der Waals surface area contributed by atoms with Crippen LogP contribution >= 0.6 is 0 Å². The summed E-state index contributed by atoms with van der Waals surface area (Å²) >= 11 is 0. The molecule has 0 fully saturated rings. The van der Waals surface area contributed by atoms with Crippen molar-refractivity contribution in [2.24, 2.45) is 0 Å². The standard InChI is InChI=1S/C16H16F3N3O2/c1-10(11-3-2-6-20-8-11)21-16(23)22-13-5-4-12(17)7-14(13)24-9-15(18)19/h2-8,10,15H,9H2,1H3,(H2,21,22,23)/t10-/m0/s1. The topological polar surface area (TPSA) is 63.2 Å². The number of nitrogens with one attached hydrogen (secondary N) is 2. The Morgan fingerprint density at radius 3 is 2.79 bits per heavy atom. The maximum atomic E-state index is 13.2. The van der Waals surface area contributed by atoms with Gasteiger partial charge in [-0.1, -0.05) is 6.07 Å². The van der Waals surface area contributed by atoms with E-state index in [9.17, 15) is 18.0 Å². The van der Waals surface area contributed by atoms with Crippen LogP contribution in [0.25, 0.3) is 0 Å². The number of alkyl halides is 2. The highest BCUT2D eigenvalue weighted by molar-refractivity contribution is 5.91. The average Bonchev–Trinajstić information content (AvgIpc) is 2.55. The Labute approximate surface area is 136 Å². The minimum atomic E-state index is -2.71. The normalized spacial score (nSPS) is 11.9. The lowest BCUT2D eigenvalue weighted by Gasteiger charge is -2.16. The van der Waals surface area contributed by atoms with Gasteiger partial charge in [0.05, 0.1) is 11.7 Å². The van der Waals surface area contributed by atoms with Crippen molar-refractivity contribution < 1.29 is 22.7 Å². The molecule has 0 radical (unpaired) electrons. The molecule has 8 heteroatoms. The van der Waals surface area contributed by atoms with Crippen LogP contribution in [0.2, 0.25) is 0 Å². The fourth-order valence-corrected chi connectivity index (χ4v) is 1.94. The molecular formula is C16H16F3N3O2. The number of carbonyl (C=O) groups excluding carboxylic acids is 1. The predicted octanol–water partition coefficient (Wildman–Crippen LogP) is 3.75. The van der Waals surface area contributed by atoms with Crippen molar-refractivity contribution in [1.29, 1.82) is 0 Å². The molecule has 0 aliphatic carbocycles. The number of carbonyl (C=O) groups is 1. The molecule has 2 amide bonds. The second kappa shape index (κ2) is 8.19. The summed E-state index contributed by atoms with van der Waals surface area (Å²) < 4.78 is 42.6. The third-order valence-electron chi connectivity index (χ3n) is 3.09. The second-order valence-corrected chi connectivity index (χ2v) is 4.95. The summed E-state index contributed by atoms with van der Waals surface area (Å²) in [5.41, 5.74) is 0.883. The molecule has 0 saturated heterocycles. The summed E-state index contributed by atoms with van der Waals surface area (Å²) in [5.74, 6) is -0.826. The molecule has 0 unspecified atom stereocenters. The molecule has 1 aromatic carbocycles. The second-order valence-electron chi connectivity index (χ2n) is 4.95. The molecule has 1 atom stereocenters. The molecule has 2 aromatic rings. The van der Waals surface area contributed by atoms with Crippen molar-refractivity contribution in [3.63, 3.8) is 0 Å². The molecule has 1 aromatic heterocycles. The summed E-state index contributed by atoms with van der Waals surface area (Å²) in [6.07, 6.45) is 0.516. The molecule has 0 spiro atoms. The van der Waals surface area contributed by atoms with E-state index in [1.165, 1.54) is 6.07 Å². The molecule has 1 heterocycles. The highest BCUT2D eigenvalue weighted by Crippen LogP contribution is 2.26. The number of benzene rings is 1. The first kappa shape index (κ1) is 17.6. The Hall–Kier alpha value is -2.77. The van der Waals surface area contributed by atoms with Crippen LogP contribution in [-0.4, -0.2) is 24.0 Å². The summed E-state index contributed by atoms with van der Waals surface area (Å²) in [6.45, 7) is 0.862. The predicted molar refractivity (Wildman–Crippen MR) is 82.7 cm³/mol. The van der Waals surface area contributed by atoms with E-state index >= 15 is 0 Å². The number of hydrogen-bond acceptors (Lipinski definition) is 3. The van der Waals surface area contributed by atoms with E-state index in [1.54, 1.807) is 31.5 Å². The smallest absolute Gasteiger partial charge is 0.319 e. The fraction of sp³-hybridized carbons (Fsp3) is 0.250. The number of hydrogen-bond donors (Lipinski definition) is 2. The van der Waals surface area contributed by atoms with Crippen LogP contribution in [0.1, 0.15) is 18.5 Å². The minimum absolute atomic E-state index is 0.0907. The number of halogens is 3. The van der Waals surface area contributed by atoms with E-state index in [2.05, 4.69) is 15.6 Å². The lowest BCUT2D eigenvalue weighted by Crippen LogP contribution is -2.31. The lowest BCUT2D eigenvalue weighted by atomic mass is 10.1. The molecular weight excluding hydrogens is 323 g/mol. The van der Waals surface area contributed by atoms with Crippen molar-refractivity contribution >= 4 is 11.7 Å². The molecule has 0 aliphatic rings. The van der Waals surface area contributed by atoms with Crippen LogP contribution < -0.4 is 15.4 Å². The molecule has 128 valence electrons. The first-order chi connectivity index (χ1) is 11.5. The summed E-state index contributed by atoms with van der Waals surface area (Å²) in [6, 6.07) is 5.89. The third kappa shape index (κ3) is 5.15. The number of pyridine rings is 1. The van der Waals surface area contributed by atoms with Gasteiger partial charge in [-0.2, -0.15) is 0 Å². The molecule has 24 heavy (non-hydrogen) atoms. The van der Waals surface area contributed by atoms with Crippen LogP contribution in [0.15, 0.2) is 42.7 Å². The number of aromatic nitrogens is 1. The van der Waals surface area contributed by atoms with Crippen molar-refractivity contribution in [2.75, 3.05) is 11.9 Å². The van der Waals surface area contributed by atoms with E-state index in [-0.39, 0.29) is 17.5 Å². The van der Waals surface area contributed by atoms with Crippen molar-refractivity contribution in [3.05, 3.63) is 54.1 Å². The first-order valence-electron chi connectivity index (χ1n) is 7.13. The van der Waals surface area contributed by atoms with Crippen LogP contribution in [0.4, 0.5) is 23.7 Å². The van der Waals surface area contributed by atoms with E-state index in [1.807, 2.05) is 0 Å². The van der Waals surface area contributed by atoms with Gasteiger partial charge in [0.25, 0.3) is 6.43 Å². The monoisotopic (exact) mass is 339 g/mol. The van der Waals surface area contributed by atoms with E-state index in [4.69, 9.17) is 4.74 Å². The molecule has 0 bridgehead atoms. The molecule has 5 nitrogen and oxygen atoms in total. The quantitative estimate of drug-likeness (QED) is 0.842. The molecule has 0 saturated carbocycles. The van der Waals surface area contributed by atoms with Gasteiger partial charge >= 0.3 is 6.03 Å². The Morgan fingerprint density at radius 2 is 2.12 bits per heavy atom. The van der Waals surface area contributed by atoms with Gasteiger partial charge in [-0.3, -0.25) is 4.98 Å². The van der Waals surface area contributed by atoms with Crippen LogP contribution in [-0.2, 0) is 0 Å². The van der Waals surface area contributed by atoms with Crippen LogP contribution in [0, 0.1) is 5.82 Å². The van der Waals surface area contributed by atoms with Gasteiger partial charge in [0.15, 0.2) is 0 Å². The number of urea groups is 1. The van der Waals surface area contributed by atoms with Crippen molar-refractivity contribution in [2.45, 2.75) is 19.4 Å². The van der Waals surface area contributed by atoms with Gasteiger partial charge in [0.1, 0.15) is 18.2 Å². The maximum Gasteiger partial charge on any atom is 0.319 e. The van der Waals surface area contributed by atoms with Gasteiger partial charge < -0.3 is 15.4 Å². The first-order valence-corrected chi connectivity index (χ1v) is 7.13. The fourth-order valence-electron chi connectivity index (χ4n) is 1.94. The average molecular weight is 339 g/mol. The zero-order chi connectivity index (χ0) is 17.5. The Morgan fingerprint density at radius 1 is 1.33 bits per heavy atom. The van der Waals surface area contributed by atoms with Gasteiger partial charge in [-0.05, 0) is 30.7 Å². The Kier molecular flexibility index (Phi) is 6.00. The largest absolute Gasteiger partial charge is 0.485 e. The zero-order valence-electron chi connectivity index (χ0n) is 12.8. The molecule has 2 rings (SSSR count). The number of rotatable bonds is 6. The third-order valence-corrected chi connectivity index (χ3v) is 3.09. The number of nitrogens with zero attached hydrogens (tertiary/aromatic N) is 1. The molecule has 2 N–H and O–H groups in total. The lowest BCUT2D eigenvalue weighted by molar-refractivity contribution is 0.0821. The van der Waals surface area contributed by atoms with Gasteiger partial charge in [-0.15, -0.1) is 0 Å². The summed E-state index contributed by atoms with van der Waals surface area (Å²) in [7, 11) is 0. The minimum Gasteiger partial charge on any atom is -0.485 e. The van der Waals surface area contributed by atoms with Gasteiger partial charge in [0, 0.05) is 18.5 Å². The van der Waals surface area contributed by atoms with Crippen molar-refractivity contribution in [3.8, 4) is 5.75 Å². The zero-order valence-corrected chi connectivity index (χ0v) is 12.8. The summed E-state index contributed by atoms with van der Waals surface area (Å²) in [4.78, 5) is 16.0. The van der Waals surface area contributed by atoms with Gasteiger partial charge in [0.2, 0.25) is 0 Å². The highest BCUT2D eigenvalue weighted by atomic mass is 19.3.